The van der Waals surface area contributed by atoms with Gasteiger partial charge < -0.3 is 10.2 Å². The highest BCUT2D eigenvalue weighted by Crippen LogP contribution is 2.26. The molecule has 1 aromatic heterocycles. The van der Waals surface area contributed by atoms with Gasteiger partial charge in [0.1, 0.15) is 11.6 Å². The Bertz CT molecular complexity index is 909. The molecule has 0 fully saturated rings. The topological polar surface area (TPSA) is 45.2 Å². The molecule has 0 bridgehead atoms. The van der Waals surface area contributed by atoms with E-state index in [0.717, 1.165) is 17.9 Å². The lowest BCUT2D eigenvalue weighted by molar-refractivity contribution is 0.102. The number of nitrogens with one attached hydrogen (secondary N) is 1. The van der Waals surface area contributed by atoms with Crippen molar-refractivity contribution in [3.63, 3.8) is 0 Å². The van der Waals surface area contributed by atoms with Crippen LogP contribution in [0.3, 0.4) is 0 Å². The van der Waals surface area contributed by atoms with Crippen LogP contribution in [0.4, 0.5) is 21.6 Å². The van der Waals surface area contributed by atoms with Crippen LogP contribution in [0.15, 0.2) is 66.9 Å². The van der Waals surface area contributed by atoms with Crippen LogP contribution < -0.4 is 10.2 Å². The van der Waals surface area contributed by atoms with Crippen molar-refractivity contribution in [3.05, 3.63) is 83.8 Å². The Labute approximate surface area is 152 Å². The van der Waals surface area contributed by atoms with Crippen molar-refractivity contribution in [3.8, 4) is 0 Å². The molecule has 2 aromatic carbocycles. The second kappa shape index (κ2) is 7.78. The van der Waals surface area contributed by atoms with E-state index in [1.54, 1.807) is 24.4 Å². The minimum atomic E-state index is -0.557. The molecule has 0 radical (unpaired) electrons. The summed E-state index contributed by atoms with van der Waals surface area (Å²) in [6, 6.07) is 17.7. The van der Waals surface area contributed by atoms with Crippen LogP contribution >= 0.6 is 0 Å². The summed E-state index contributed by atoms with van der Waals surface area (Å²) in [7, 11) is 0. The highest BCUT2D eigenvalue weighted by Gasteiger charge is 2.12. The smallest absolute Gasteiger partial charge is 0.259 e. The Balaban J connectivity index is 1.77. The first kappa shape index (κ1) is 17.6. The first-order chi connectivity index (χ1) is 12.6. The van der Waals surface area contributed by atoms with Gasteiger partial charge in [-0.2, -0.15) is 0 Å². The van der Waals surface area contributed by atoms with Gasteiger partial charge in [-0.3, -0.25) is 4.79 Å². The third kappa shape index (κ3) is 3.88. The molecule has 0 aliphatic heterocycles. The highest BCUT2D eigenvalue weighted by molar-refractivity contribution is 6.03. The number of hydrogen-bond donors (Lipinski definition) is 1. The molecular formula is C21H20FN3O. The summed E-state index contributed by atoms with van der Waals surface area (Å²) < 4.78 is 13.7. The molecule has 5 heteroatoms. The van der Waals surface area contributed by atoms with Crippen LogP contribution in [0, 0.1) is 12.7 Å². The monoisotopic (exact) mass is 349 g/mol. The average Bonchev–Trinajstić information content (AvgIpc) is 2.64. The Kier molecular flexibility index (Phi) is 5.27. The number of amides is 1. The minimum absolute atomic E-state index is 0.00618. The van der Waals surface area contributed by atoms with Gasteiger partial charge in [0.2, 0.25) is 0 Å². The Morgan fingerprint density at radius 2 is 1.88 bits per heavy atom. The summed E-state index contributed by atoms with van der Waals surface area (Å²) in [5, 5.41) is 2.62. The number of benzene rings is 2. The fourth-order valence-corrected chi connectivity index (χ4v) is 2.76. The maximum absolute atomic E-state index is 13.7. The lowest BCUT2D eigenvalue weighted by atomic mass is 10.2. The summed E-state index contributed by atoms with van der Waals surface area (Å²) in [5.74, 6) is -0.699. The largest absolute Gasteiger partial charge is 0.341 e. The molecule has 0 saturated carbocycles. The molecule has 3 aromatic rings. The molecule has 0 aliphatic rings. The fraction of sp³-hybridized carbons (Fsp3) is 0.143. The van der Waals surface area contributed by atoms with Crippen molar-refractivity contribution in [1.82, 2.24) is 4.98 Å². The van der Waals surface area contributed by atoms with Gasteiger partial charge in [0.25, 0.3) is 5.91 Å². The predicted molar refractivity (Wildman–Crippen MR) is 102 cm³/mol. The maximum atomic E-state index is 13.7. The van der Waals surface area contributed by atoms with E-state index < -0.39 is 11.7 Å². The number of nitrogens with zero attached hydrogens (tertiary/aromatic N) is 2. The van der Waals surface area contributed by atoms with Crippen LogP contribution in [0.25, 0.3) is 0 Å². The number of halogens is 1. The van der Waals surface area contributed by atoms with E-state index in [2.05, 4.69) is 41.2 Å². The quantitative estimate of drug-likeness (QED) is 0.710. The number of carbonyl (C=O) groups excluding carboxylic acids is 1. The zero-order valence-electron chi connectivity index (χ0n) is 14.7. The minimum Gasteiger partial charge on any atom is -0.341 e. The first-order valence-electron chi connectivity index (χ1n) is 8.44. The molecule has 4 nitrogen and oxygen atoms in total. The zero-order chi connectivity index (χ0) is 18.5. The van der Waals surface area contributed by atoms with E-state index >= 15 is 0 Å². The second-order valence-corrected chi connectivity index (χ2v) is 5.92. The number of carbonyl (C=O) groups is 1. The van der Waals surface area contributed by atoms with Crippen molar-refractivity contribution in [2.45, 2.75) is 13.8 Å². The van der Waals surface area contributed by atoms with Crippen molar-refractivity contribution in [2.24, 2.45) is 0 Å². The number of anilines is 3. The van der Waals surface area contributed by atoms with Crippen LogP contribution in [-0.4, -0.2) is 17.4 Å². The van der Waals surface area contributed by atoms with Crippen LogP contribution in [-0.2, 0) is 0 Å². The lowest BCUT2D eigenvalue weighted by Gasteiger charge is -2.23. The molecule has 0 saturated heterocycles. The number of rotatable bonds is 5. The normalized spacial score (nSPS) is 10.4. The third-order valence-corrected chi connectivity index (χ3v) is 4.05. The average molecular weight is 349 g/mol. The van der Waals surface area contributed by atoms with Crippen LogP contribution in [0.1, 0.15) is 22.8 Å². The second-order valence-electron chi connectivity index (χ2n) is 5.92. The Morgan fingerprint density at radius 1 is 1.08 bits per heavy atom. The van der Waals surface area contributed by atoms with E-state index in [9.17, 15) is 9.18 Å². The highest BCUT2D eigenvalue weighted by atomic mass is 19.1. The van der Waals surface area contributed by atoms with Crippen molar-refractivity contribution >= 4 is 23.1 Å². The van der Waals surface area contributed by atoms with Crippen molar-refractivity contribution in [1.29, 1.82) is 0 Å². The molecule has 1 N–H and O–H groups in total. The summed E-state index contributed by atoms with van der Waals surface area (Å²) in [6.07, 6.45) is 1.70. The first-order valence-corrected chi connectivity index (χ1v) is 8.44. The number of aryl methyl sites for hydroxylation is 1. The summed E-state index contributed by atoms with van der Waals surface area (Å²) in [4.78, 5) is 18.6. The number of pyridine rings is 1. The molecule has 0 atom stereocenters. The van der Waals surface area contributed by atoms with Crippen LogP contribution in [0.5, 0.6) is 0 Å². The Hall–Kier alpha value is -3.21. The summed E-state index contributed by atoms with van der Waals surface area (Å²) in [6.45, 7) is 4.90. The van der Waals surface area contributed by atoms with Gasteiger partial charge in [0, 0.05) is 12.2 Å². The van der Waals surface area contributed by atoms with Gasteiger partial charge in [-0.05, 0) is 55.8 Å². The number of aromatic nitrogens is 1. The third-order valence-electron chi connectivity index (χ3n) is 4.05. The van der Waals surface area contributed by atoms with Gasteiger partial charge >= 0.3 is 0 Å². The van der Waals surface area contributed by atoms with Crippen molar-refractivity contribution < 1.29 is 9.18 Å². The Morgan fingerprint density at radius 3 is 2.54 bits per heavy atom. The predicted octanol–water partition coefficient (Wildman–Crippen LogP) is 4.94. The van der Waals surface area contributed by atoms with Gasteiger partial charge in [-0.1, -0.05) is 24.3 Å². The molecule has 3 rings (SSSR count). The molecule has 0 spiro atoms. The van der Waals surface area contributed by atoms with E-state index in [4.69, 9.17) is 0 Å². The molecule has 0 aliphatic carbocycles. The van der Waals surface area contributed by atoms with E-state index in [0.29, 0.717) is 5.82 Å². The SMILES string of the molecule is CCN(c1ccc(NC(=O)c2ccccc2F)nc1)c1cccc(C)c1. The standard InChI is InChI=1S/C21H20FN3O/c1-3-25(16-8-6-7-15(2)13-16)17-11-12-20(23-14-17)24-21(26)18-9-4-5-10-19(18)22/h4-14H,3H2,1-2H3,(H,23,24,26). The molecular weight excluding hydrogens is 329 g/mol. The van der Waals surface area contributed by atoms with E-state index in [1.807, 2.05) is 18.2 Å². The van der Waals surface area contributed by atoms with Gasteiger partial charge in [0.05, 0.1) is 17.4 Å². The lowest BCUT2D eigenvalue weighted by Crippen LogP contribution is -2.17. The molecule has 132 valence electrons. The van der Waals surface area contributed by atoms with E-state index in [-0.39, 0.29) is 5.56 Å². The summed E-state index contributed by atoms with van der Waals surface area (Å²) in [5.41, 5.74) is 3.18. The van der Waals surface area contributed by atoms with Gasteiger partial charge in [-0.25, -0.2) is 9.37 Å². The number of hydrogen-bond acceptors (Lipinski definition) is 3. The van der Waals surface area contributed by atoms with Gasteiger partial charge in [0.15, 0.2) is 0 Å². The molecule has 1 heterocycles. The van der Waals surface area contributed by atoms with Gasteiger partial charge in [-0.15, -0.1) is 0 Å². The molecule has 1 amide bonds. The summed E-state index contributed by atoms with van der Waals surface area (Å²) >= 11 is 0. The maximum Gasteiger partial charge on any atom is 0.259 e. The van der Waals surface area contributed by atoms with Crippen LogP contribution in [0.2, 0.25) is 0 Å². The zero-order valence-corrected chi connectivity index (χ0v) is 14.7. The van der Waals surface area contributed by atoms with Crippen molar-refractivity contribution in [2.75, 3.05) is 16.8 Å². The molecule has 26 heavy (non-hydrogen) atoms. The molecule has 0 unspecified atom stereocenters. The van der Waals surface area contributed by atoms with E-state index in [1.165, 1.54) is 17.7 Å². The fourth-order valence-electron chi connectivity index (χ4n) is 2.76.